The summed E-state index contributed by atoms with van der Waals surface area (Å²) in [4.78, 5) is 5.62. The van der Waals surface area contributed by atoms with E-state index in [2.05, 4.69) is 18.5 Å². The average molecular weight is 438 g/mol. The van der Waals surface area contributed by atoms with Crippen LogP contribution in [0.5, 0.6) is 0 Å². The molecule has 0 aromatic heterocycles. The molecule has 0 saturated carbocycles. The van der Waals surface area contributed by atoms with E-state index in [0.717, 1.165) is 29.8 Å². The summed E-state index contributed by atoms with van der Waals surface area (Å²) in [7, 11) is 0. The number of allylic oxidation sites excluding steroid dienone is 1. The summed E-state index contributed by atoms with van der Waals surface area (Å²) in [6, 6.07) is 11.3. The molecule has 31 heavy (non-hydrogen) atoms. The second-order valence-corrected chi connectivity index (χ2v) is 8.39. The minimum atomic E-state index is -4.22. The summed E-state index contributed by atoms with van der Waals surface area (Å²) in [5, 5.41) is 10.0. The maximum atomic E-state index is 12.0. The van der Waals surface area contributed by atoms with E-state index in [-0.39, 0.29) is 0 Å². The van der Waals surface area contributed by atoms with Gasteiger partial charge >= 0.3 is 6.18 Å². The number of halogens is 3. The van der Waals surface area contributed by atoms with Crippen molar-refractivity contribution in [2.45, 2.75) is 72.3 Å². The Morgan fingerprint density at radius 2 is 1.58 bits per heavy atom. The van der Waals surface area contributed by atoms with Gasteiger partial charge in [-0.05, 0) is 88.9 Å². The molecule has 2 aromatic rings. The number of rotatable bonds is 6. The van der Waals surface area contributed by atoms with Gasteiger partial charge in [-0.1, -0.05) is 37.3 Å². The van der Waals surface area contributed by atoms with Crippen LogP contribution in [0, 0.1) is 6.92 Å². The highest BCUT2D eigenvalue weighted by molar-refractivity contribution is 5.58. The van der Waals surface area contributed by atoms with Gasteiger partial charge in [-0.15, -0.1) is 0 Å². The molecule has 172 valence electrons. The fourth-order valence-corrected chi connectivity index (χ4v) is 2.35. The van der Waals surface area contributed by atoms with Crippen molar-refractivity contribution in [3.63, 3.8) is 0 Å². The van der Waals surface area contributed by atoms with Crippen LogP contribution in [-0.4, -0.2) is 16.3 Å². The zero-order valence-electron chi connectivity index (χ0n) is 19.4. The van der Waals surface area contributed by atoms with E-state index < -0.39 is 22.9 Å². The molecule has 2 aromatic carbocycles. The minimum Gasteiger partial charge on any atom is -0.387 e. The van der Waals surface area contributed by atoms with Crippen molar-refractivity contribution in [3.05, 3.63) is 70.8 Å². The highest BCUT2D eigenvalue weighted by Crippen LogP contribution is 2.29. The van der Waals surface area contributed by atoms with E-state index >= 15 is 0 Å². The van der Waals surface area contributed by atoms with Crippen molar-refractivity contribution >= 4 is 11.8 Å². The van der Waals surface area contributed by atoms with Gasteiger partial charge in [-0.2, -0.15) is 13.2 Å². The molecule has 0 aliphatic rings. The summed E-state index contributed by atoms with van der Waals surface area (Å²) < 4.78 is 36.1. The van der Waals surface area contributed by atoms with Crippen molar-refractivity contribution in [1.82, 2.24) is 0 Å². The van der Waals surface area contributed by atoms with E-state index in [4.69, 9.17) is 4.84 Å². The summed E-state index contributed by atoms with van der Waals surface area (Å²) >= 11 is 0. The maximum Gasteiger partial charge on any atom is 0.416 e. The van der Waals surface area contributed by atoms with Crippen LogP contribution in [0.3, 0.4) is 0 Å². The van der Waals surface area contributed by atoms with Gasteiger partial charge in [-0.3, -0.25) is 10.3 Å². The summed E-state index contributed by atoms with van der Waals surface area (Å²) in [6.07, 6.45) is 0.633. The van der Waals surface area contributed by atoms with E-state index in [1.165, 1.54) is 23.3 Å². The first-order valence-corrected chi connectivity index (χ1v) is 10.3. The van der Waals surface area contributed by atoms with Crippen LogP contribution in [0.25, 0.3) is 6.08 Å². The Bertz CT molecular complexity index is 849. The third kappa shape index (κ3) is 8.38. The third-order valence-electron chi connectivity index (χ3n) is 5.20. The monoisotopic (exact) mass is 437 g/mol. The molecule has 0 amide bonds. The van der Waals surface area contributed by atoms with Crippen molar-refractivity contribution in [1.29, 1.82) is 0 Å². The Kier molecular flexibility index (Phi) is 9.33. The molecule has 0 aliphatic heterocycles. The Morgan fingerprint density at radius 1 is 1.00 bits per heavy atom. The average Bonchev–Trinajstić information content (AvgIpc) is 2.67. The minimum absolute atomic E-state index is 0.584. The molecule has 3 nitrogen and oxygen atoms in total. The topological polar surface area (TPSA) is 41.5 Å². The normalized spacial score (nSPS) is 12.5. The molecule has 0 fully saturated rings. The molecule has 0 saturated heterocycles. The Labute approximate surface area is 183 Å². The molecular formula is C25H34F3NO2. The predicted octanol–water partition coefficient (Wildman–Crippen LogP) is 7.19. The van der Waals surface area contributed by atoms with Crippen LogP contribution < -0.4 is 5.48 Å². The van der Waals surface area contributed by atoms with Crippen molar-refractivity contribution in [2.24, 2.45) is 0 Å². The smallest absolute Gasteiger partial charge is 0.387 e. The Hall–Kier alpha value is -2.31. The first-order valence-electron chi connectivity index (χ1n) is 10.3. The summed E-state index contributed by atoms with van der Waals surface area (Å²) in [6.45, 7) is 13.1. The fraction of sp³-hybridized carbons (Fsp3) is 0.440. The number of nitrogens with one attached hydrogen (secondary N) is 1. The number of benzene rings is 2. The van der Waals surface area contributed by atoms with Gasteiger partial charge in [0.1, 0.15) is 5.60 Å². The highest BCUT2D eigenvalue weighted by Gasteiger charge is 2.37. The van der Waals surface area contributed by atoms with Gasteiger partial charge in [0.05, 0.1) is 16.9 Å². The van der Waals surface area contributed by atoms with Crippen LogP contribution in [-0.2, 0) is 17.4 Å². The number of alkyl halides is 3. The van der Waals surface area contributed by atoms with E-state index in [1.54, 1.807) is 13.8 Å². The van der Waals surface area contributed by atoms with Gasteiger partial charge < -0.3 is 5.11 Å². The highest BCUT2D eigenvalue weighted by atomic mass is 19.4. The predicted molar refractivity (Wildman–Crippen MR) is 122 cm³/mol. The SMILES string of the molecule is C/C=C\c1ccc(NOC(C)(C)C(C)(C)O)cc1C.CCc1ccc(C(F)(F)F)cc1. The fourth-order valence-electron chi connectivity index (χ4n) is 2.35. The van der Waals surface area contributed by atoms with Gasteiger partial charge in [0, 0.05) is 0 Å². The number of aliphatic hydroxyl groups is 1. The maximum absolute atomic E-state index is 12.0. The van der Waals surface area contributed by atoms with Gasteiger partial charge in [0.25, 0.3) is 0 Å². The second-order valence-electron chi connectivity index (χ2n) is 8.39. The lowest BCUT2D eigenvalue weighted by Crippen LogP contribution is -2.48. The Balaban J connectivity index is 0.000000343. The zero-order valence-corrected chi connectivity index (χ0v) is 19.4. The summed E-state index contributed by atoms with van der Waals surface area (Å²) in [5.74, 6) is 0. The van der Waals surface area contributed by atoms with Crippen LogP contribution >= 0.6 is 0 Å². The standard InChI is InChI=1S/C16H25NO2.C9H9F3/c1-7-8-13-9-10-14(11-12(13)2)17-19-16(5,6)15(3,4)18;1-2-7-3-5-8(6-4-7)9(10,11)12/h7-11,17-18H,1-6H3;3-6H,2H2,1H3/b8-7-;. The van der Waals surface area contributed by atoms with Gasteiger partial charge in [0.15, 0.2) is 0 Å². The van der Waals surface area contributed by atoms with Crippen LogP contribution in [0.1, 0.15) is 63.8 Å². The second kappa shape index (κ2) is 10.8. The molecule has 0 radical (unpaired) electrons. The molecule has 0 aliphatic carbocycles. The summed E-state index contributed by atoms with van der Waals surface area (Å²) in [5.41, 5.74) is 4.87. The first kappa shape index (κ1) is 26.7. The lowest BCUT2D eigenvalue weighted by atomic mass is 9.90. The molecule has 0 heterocycles. The lowest BCUT2D eigenvalue weighted by Gasteiger charge is -2.36. The van der Waals surface area contributed by atoms with E-state index in [9.17, 15) is 18.3 Å². The number of hydrogen-bond acceptors (Lipinski definition) is 3. The number of anilines is 1. The molecule has 2 rings (SSSR count). The zero-order chi connectivity index (χ0) is 23.9. The third-order valence-corrected chi connectivity index (χ3v) is 5.20. The van der Waals surface area contributed by atoms with E-state index in [0.29, 0.717) is 0 Å². The molecule has 6 heteroatoms. The Morgan fingerprint density at radius 3 is 2.00 bits per heavy atom. The molecule has 0 spiro atoms. The van der Waals surface area contributed by atoms with Gasteiger partial charge in [-0.25, -0.2) is 0 Å². The molecule has 0 bridgehead atoms. The van der Waals surface area contributed by atoms with Crippen molar-refractivity contribution < 1.29 is 23.1 Å². The molecular weight excluding hydrogens is 403 g/mol. The van der Waals surface area contributed by atoms with E-state index in [1.807, 2.05) is 52.0 Å². The number of aryl methyl sites for hydroxylation is 2. The molecule has 2 N–H and O–H groups in total. The largest absolute Gasteiger partial charge is 0.416 e. The van der Waals surface area contributed by atoms with Crippen molar-refractivity contribution in [3.8, 4) is 0 Å². The molecule has 0 atom stereocenters. The first-order chi connectivity index (χ1) is 14.2. The van der Waals surface area contributed by atoms with Crippen LogP contribution in [0.4, 0.5) is 18.9 Å². The van der Waals surface area contributed by atoms with Gasteiger partial charge in [0.2, 0.25) is 0 Å². The lowest BCUT2D eigenvalue weighted by molar-refractivity contribution is -0.137. The molecule has 0 unspecified atom stereocenters. The quantitative estimate of drug-likeness (QED) is 0.470. The number of hydrogen-bond donors (Lipinski definition) is 2. The van der Waals surface area contributed by atoms with Crippen molar-refractivity contribution in [2.75, 3.05) is 5.48 Å². The van der Waals surface area contributed by atoms with Crippen LogP contribution in [0.2, 0.25) is 0 Å². The van der Waals surface area contributed by atoms with Crippen LogP contribution in [0.15, 0.2) is 48.5 Å².